The third-order valence-corrected chi connectivity index (χ3v) is 8.10. The van der Waals surface area contributed by atoms with Gasteiger partial charge in [-0.3, -0.25) is 9.59 Å². The number of hydrogen-bond donors (Lipinski definition) is 2. The molecule has 0 aromatic carbocycles. The van der Waals surface area contributed by atoms with Crippen LogP contribution in [0.3, 0.4) is 0 Å². The number of hydrogen-bond acceptors (Lipinski definition) is 3. The summed E-state index contributed by atoms with van der Waals surface area (Å²) in [6, 6.07) is 0. The number of Topliss-reactive ketones (excluding diaryl/α,β-unsaturated/α-hetero) is 1. The van der Waals surface area contributed by atoms with E-state index in [0.717, 1.165) is 38.5 Å². The van der Waals surface area contributed by atoms with Crippen molar-refractivity contribution in [2.45, 2.75) is 78.6 Å². The Labute approximate surface area is 161 Å². The normalized spacial score (nSPS) is 38.3. The van der Waals surface area contributed by atoms with E-state index in [1.165, 1.54) is 11.1 Å². The van der Waals surface area contributed by atoms with Crippen molar-refractivity contribution in [2.75, 3.05) is 0 Å². The van der Waals surface area contributed by atoms with Crippen molar-refractivity contribution >= 4 is 17.7 Å². The lowest BCUT2D eigenvalue weighted by molar-refractivity contribution is -0.146. The molecule has 150 valence electrons. The van der Waals surface area contributed by atoms with Gasteiger partial charge in [0, 0.05) is 12.8 Å². The van der Waals surface area contributed by atoms with E-state index in [0.29, 0.717) is 18.8 Å². The van der Waals surface area contributed by atoms with Gasteiger partial charge in [-0.05, 0) is 74.5 Å². The minimum absolute atomic E-state index is 0.112. The molecule has 0 bridgehead atoms. The molecule has 0 saturated heterocycles. The van der Waals surface area contributed by atoms with Crippen molar-refractivity contribution in [3.63, 3.8) is 0 Å². The molecule has 5 heteroatoms. The fourth-order valence-corrected chi connectivity index (χ4v) is 6.60. The Hall–Kier alpha value is -1.65. The molecule has 0 aromatic heterocycles. The van der Waals surface area contributed by atoms with Crippen LogP contribution in [0, 0.1) is 28.6 Å². The molecule has 3 aliphatic rings. The van der Waals surface area contributed by atoms with Crippen LogP contribution in [0.1, 0.15) is 78.6 Å². The highest BCUT2D eigenvalue weighted by Crippen LogP contribution is 2.63. The minimum atomic E-state index is -0.794. The molecule has 1 saturated carbocycles. The average molecular weight is 376 g/mol. The summed E-state index contributed by atoms with van der Waals surface area (Å²) in [5.74, 6) is -1.10. The van der Waals surface area contributed by atoms with E-state index in [1.807, 2.05) is 0 Å². The van der Waals surface area contributed by atoms with Crippen molar-refractivity contribution < 1.29 is 24.6 Å². The molecule has 0 aromatic rings. The lowest BCUT2D eigenvalue weighted by Crippen LogP contribution is -2.43. The number of carbonyl (C=O) groups excluding carboxylic acids is 1. The Bertz CT molecular complexity index is 693. The second kappa shape index (κ2) is 7.06. The topological polar surface area (TPSA) is 91.7 Å². The first-order chi connectivity index (χ1) is 12.6. The van der Waals surface area contributed by atoms with Gasteiger partial charge in [-0.25, -0.2) is 0 Å². The highest BCUT2D eigenvalue weighted by atomic mass is 16.4. The molecular formula is C22H32O5. The SMILES string of the molecule is CC(=O)C[C@@H]1CCC2=C(CC[C@]3(C)[C@@H](C(=O)O)CC[C@@H]23)[C@@]1(C)CCC(=O)O. The Morgan fingerprint density at radius 3 is 2.37 bits per heavy atom. The number of carboxylic acid groups (broad SMARTS) is 2. The molecule has 2 N–H and O–H groups in total. The molecule has 0 aliphatic heterocycles. The Morgan fingerprint density at radius 2 is 1.78 bits per heavy atom. The van der Waals surface area contributed by atoms with Crippen molar-refractivity contribution in [1.29, 1.82) is 0 Å². The molecule has 1 fully saturated rings. The zero-order chi connectivity index (χ0) is 20.0. The van der Waals surface area contributed by atoms with E-state index in [4.69, 9.17) is 0 Å². The Kier molecular flexibility index (Phi) is 5.26. The molecule has 3 aliphatic carbocycles. The maximum absolute atomic E-state index is 11.9. The highest BCUT2D eigenvalue weighted by Gasteiger charge is 2.56. The van der Waals surface area contributed by atoms with Crippen molar-refractivity contribution in [2.24, 2.45) is 28.6 Å². The van der Waals surface area contributed by atoms with E-state index in [2.05, 4.69) is 13.8 Å². The minimum Gasteiger partial charge on any atom is -0.481 e. The summed E-state index contributed by atoms with van der Waals surface area (Å²) in [5.41, 5.74) is 2.31. The summed E-state index contributed by atoms with van der Waals surface area (Å²) in [7, 11) is 0. The monoisotopic (exact) mass is 376 g/mol. The molecule has 3 rings (SSSR count). The van der Waals surface area contributed by atoms with Gasteiger partial charge in [-0.15, -0.1) is 0 Å². The second-order valence-corrected chi connectivity index (χ2v) is 9.48. The van der Waals surface area contributed by atoms with Gasteiger partial charge in [0.05, 0.1) is 5.92 Å². The van der Waals surface area contributed by atoms with Gasteiger partial charge < -0.3 is 15.0 Å². The standard InChI is InChI=1S/C22H32O5/c1-13(23)12-14-4-5-15-16-6-7-18(20(26)27)22(16,3)10-8-17(15)21(14,2)11-9-19(24)25/h14,16,18H,4-12H2,1-3H3,(H,24,25)(H,26,27)/t14-,16-,18+,21-,22-/m0/s1. The molecule has 0 spiro atoms. The van der Waals surface area contributed by atoms with Crippen LogP contribution >= 0.6 is 0 Å². The highest BCUT2D eigenvalue weighted by molar-refractivity contribution is 5.76. The van der Waals surface area contributed by atoms with E-state index < -0.39 is 11.9 Å². The summed E-state index contributed by atoms with van der Waals surface area (Å²) < 4.78 is 0. The molecule has 0 heterocycles. The molecule has 0 amide bonds. The molecule has 0 radical (unpaired) electrons. The number of carboxylic acids is 2. The summed E-state index contributed by atoms with van der Waals surface area (Å²) in [6.45, 7) is 5.92. The van der Waals surface area contributed by atoms with Crippen LogP contribution in [0.15, 0.2) is 11.1 Å². The molecular weight excluding hydrogens is 344 g/mol. The quantitative estimate of drug-likeness (QED) is 0.668. The summed E-state index contributed by atoms with van der Waals surface area (Å²) in [4.78, 5) is 34.9. The third kappa shape index (κ3) is 3.34. The van der Waals surface area contributed by atoms with E-state index in [9.17, 15) is 24.6 Å². The zero-order valence-corrected chi connectivity index (χ0v) is 16.7. The van der Waals surface area contributed by atoms with Crippen molar-refractivity contribution in [3.8, 4) is 0 Å². The second-order valence-electron chi connectivity index (χ2n) is 9.48. The van der Waals surface area contributed by atoms with Crippen LogP contribution in [0.2, 0.25) is 0 Å². The lowest BCUT2D eigenvalue weighted by Gasteiger charge is -2.52. The van der Waals surface area contributed by atoms with Gasteiger partial charge in [0.25, 0.3) is 0 Å². The fraction of sp³-hybridized carbons (Fsp3) is 0.773. The number of ketones is 1. The van der Waals surface area contributed by atoms with Gasteiger partial charge in [-0.1, -0.05) is 25.0 Å². The van der Waals surface area contributed by atoms with Crippen LogP contribution in [-0.2, 0) is 14.4 Å². The predicted octanol–water partition coefficient (Wildman–Crippen LogP) is 4.45. The van der Waals surface area contributed by atoms with Gasteiger partial charge in [0.15, 0.2) is 0 Å². The average Bonchev–Trinajstić information content (AvgIpc) is 2.93. The molecule has 5 nitrogen and oxygen atoms in total. The number of carbonyl (C=O) groups is 3. The van der Waals surface area contributed by atoms with E-state index in [1.54, 1.807) is 6.92 Å². The number of allylic oxidation sites excluding steroid dienone is 2. The van der Waals surface area contributed by atoms with Crippen LogP contribution in [0.25, 0.3) is 0 Å². The third-order valence-electron chi connectivity index (χ3n) is 8.10. The van der Waals surface area contributed by atoms with Crippen LogP contribution in [0.4, 0.5) is 0 Å². The molecule has 0 unspecified atom stereocenters. The van der Waals surface area contributed by atoms with Crippen LogP contribution in [-0.4, -0.2) is 27.9 Å². The summed E-state index contributed by atoms with van der Waals surface area (Å²) in [5, 5.41) is 18.9. The molecule has 5 atom stereocenters. The van der Waals surface area contributed by atoms with Crippen molar-refractivity contribution in [1.82, 2.24) is 0 Å². The van der Waals surface area contributed by atoms with Gasteiger partial charge in [0.1, 0.15) is 5.78 Å². The first-order valence-electron chi connectivity index (χ1n) is 10.3. The molecule has 27 heavy (non-hydrogen) atoms. The lowest BCUT2D eigenvalue weighted by atomic mass is 9.52. The predicted molar refractivity (Wildman–Crippen MR) is 101 cm³/mol. The number of fused-ring (bicyclic) bond motifs is 2. The first kappa shape index (κ1) is 20.1. The zero-order valence-electron chi connectivity index (χ0n) is 16.7. The first-order valence-corrected chi connectivity index (χ1v) is 10.3. The fourth-order valence-electron chi connectivity index (χ4n) is 6.60. The number of rotatable bonds is 6. The van der Waals surface area contributed by atoms with Crippen LogP contribution < -0.4 is 0 Å². The smallest absolute Gasteiger partial charge is 0.307 e. The summed E-state index contributed by atoms with van der Waals surface area (Å²) in [6.07, 6.45) is 6.36. The summed E-state index contributed by atoms with van der Waals surface area (Å²) >= 11 is 0. The van der Waals surface area contributed by atoms with E-state index >= 15 is 0 Å². The maximum atomic E-state index is 11.9. The van der Waals surface area contributed by atoms with E-state index in [-0.39, 0.29) is 34.9 Å². The van der Waals surface area contributed by atoms with Crippen molar-refractivity contribution in [3.05, 3.63) is 11.1 Å². The Balaban J connectivity index is 1.99. The van der Waals surface area contributed by atoms with Gasteiger partial charge >= 0.3 is 11.9 Å². The number of aliphatic carboxylic acids is 2. The van der Waals surface area contributed by atoms with Gasteiger partial charge in [-0.2, -0.15) is 0 Å². The largest absolute Gasteiger partial charge is 0.481 e. The maximum Gasteiger partial charge on any atom is 0.307 e. The van der Waals surface area contributed by atoms with Crippen LogP contribution in [0.5, 0.6) is 0 Å². The van der Waals surface area contributed by atoms with Gasteiger partial charge in [0.2, 0.25) is 0 Å². The Morgan fingerprint density at radius 1 is 1.07 bits per heavy atom.